The van der Waals surface area contributed by atoms with Gasteiger partial charge in [-0.2, -0.15) is 0 Å². The molecule has 1 aliphatic rings. The number of likely N-dealkylation sites (tertiary alicyclic amines) is 1. The van der Waals surface area contributed by atoms with E-state index in [0.717, 1.165) is 5.56 Å². The Morgan fingerprint density at radius 3 is 2.89 bits per heavy atom. The molecule has 0 bridgehead atoms. The Morgan fingerprint density at radius 1 is 1.47 bits per heavy atom. The topological polar surface area (TPSA) is 66.8 Å². The van der Waals surface area contributed by atoms with Gasteiger partial charge in [0.05, 0.1) is 13.0 Å². The highest BCUT2D eigenvalue weighted by atomic mass is 16.5. The number of ether oxygens (including phenoxy) is 1. The standard InChI is InChI=1S/C14H17NO4/c1-19-12-5-3-2-4-10(12)8-15-9-11(14(17)18)6-7-13(15)16/h2-5,11H,6-9H2,1H3,(H,17,18)/t11-/m1/s1. The number of methoxy groups -OCH3 is 1. The summed E-state index contributed by atoms with van der Waals surface area (Å²) >= 11 is 0. The number of aliphatic carboxylic acids is 1. The molecule has 1 N–H and O–H groups in total. The summed E-state index contributed by atoms with van der Waals surface area (Å²) in [5.41, 5.74) is 0.893. The lowest BCUT2D eigenvalue weighted by Gasteiger charge is -2.31. The van der Waals surface area contributed by atoms with Gasteiger partial charge in [0.25, 0.3) is 0 Å². The van der Waals surface area contributed by atoms with Gasteiger partial charge in [0.2, 0.25) is 5.91 Å². The predicted molar refractivity (Wildman–Crippen MR) is 68.8 cm³/mol. The van der Waals surface area contributed by atoms with Gasteiger partial charge in [0.15, 0.2) is 0 Å². The number of hydrogen-bond donors (Lipinski definition) is 1. The molecule has 0 spiro atoms. The molecule has 0 saturated carbocycles. The number of para-hydroxylation sites is 1. The third-order valence-corrected chi connectivity index (χ3v) is 3.40. The van der Waals surface area contributed by atoms with Crippen molar-refractivity contribution in [3.05, 3.63) is 29.8 Å². The largest absolute Gasteiger partial charge is 0.496 e. The Bertz CT molecular complexity index is 486. The fraction of sp³-hybridized carbons (Fsp3) is 0.429. The molecule has 1 amide bonds. The average molecular weight is 263 g/mol. The Hall–Kier alpha value is -2.04. The van der Waals surface area contributed by atoms with Crippen LogP contribution < -0.4 is 4.74 Å². The highest BCUT2D eigenvalue weighted by Gasteiger charge is 2.30. The van der Waals surface area contributed by atoms with Crippen LogP contribution in [0.3, 0.4) is 0 Å². The molecule has 0 radical (unpaired) electrons. The lowest BCUT2D eigenvalue weighted by atomic mass is 9.97. The SMILES string of the molecule is COc1ccccc1CN1C[C@H](C(=O)O)CCC1=O. The maximum Gasteiger partial charge on any atom is 0.308 e. The minimum atomic E-state index is -0.836. The molecule has 5 heteroatoms. The van der Waals surface area contributed by atoms with Crippen molar-refractivity contribution in [1.82, 2.24) is 4.90 Å². The molecule has 1 aromatic rings. The smallest absolute Gasteiger partial charge is 0.308 e. The molecule has 5 nitrogen and oxygen atoms in total. The second-order valence-electron chi connectivity index (χ2n) is 4.66. The number of amides is 1. The van der Waals surface area contributed by atoms with Crippen LogP contribution in [-0.4, -0.2) is 35.5 Å². The van der Waals surface area contributed by atoms with Crippen LogP contribution in [0.1, 0.15) is 18.4 Å². The van der Waals surface area contributed by atoms with Gasteiger partial charge in [-0.25, -0.2) is 0 Å². The van der Waals surface area contributed by atoms with Gasteiger partial charge in [0.1, 0.15) is 5.75 Å². The second kappa shape index (κ2) is 5.73. The van der Waals surface area contributed by atoms with Crippen LogP contribution in [0.4, 0.5) is 0 Å². The maximum absolute atomic E-state index is 11.9. The Balaban J connectivity index is 2.12. The van der Waals surface area contributed by atoms with E-state index in [1.807, 2.05) is 24.3 Å². The van der Waals surface area contributed by atoms with Crippen LogP contribution in [-0.2, 0) is 16.1 Å². The summed E-state index contributed by atoms with van der Waals surface area (Å²) in [5, 5.41) is 9.05. The molecule has 102 valence electrons. The van der Waals surface area contributed by atoms with E-state index in [1.165, 1.54) is 0 Å². The number of carbonyl (C=O) groups is 2. The van der Waals surface area contributed by atoms with E-state index in [2.05, 4.69) is 0 Å². The summed E-state index contributed by atoms with van der Waals surface area (Å²) in [6.45, 7) is 0.666. The van der Waals surface area contributed by atoms with Gasteiger partial charge in [0, 0.05) is 25.1 Å². The van der Waals surface area contributed by atoms with Crippen molar-refractivity contribution in [2.75, 3.05) is 13.7 Å². The van der Waals surface area contributed by atoms with Gasteiger partial charge >= 0.3 is 5.97 Å². The van der Waals surface area contributed by atoms with Crippen LogP contribution in [0.2, 0.25) is 0 Å². The molecule has 1 atom stereocenters. The summed E-state index contributed by atoms with van der Waals surface area (Å²) in [5.74, 6) is -0.582. The number of nitrogens with zero attached hydrogens (tertiary/aromatic N) is 1. The first-order valence-corrected chi connectivity index (χ1v) is 6.24. The normalized spacial score (nSPS) is 19.3. The van der Waals surface area contributed by atoms with Crippen LogP contribution in [0.15, 0.2) is 24.3 Å². The molecule has 1 fully saturated rings. The number of carboxylic acids is 1. The zero-order valence-electron chi connectivity index (χ0n) is 10.8. The van der Waals surface area contributed by atoms with Gasteiger partial charge < -0.3 is 14.7 Å². The van der Waals surface area contributed by atoms with E-state index in [4.69, 9.17) is 9.84 Å². The van der Waals surface area contributed by atoms with Crippen LogP contribution in [0.5, 0.6) is 5.75 Å². The lowest BCUT2D eigenvalue weighted by molar-refractivity contribution is -0.147. The fourth-order valence-corrected chi connectivity index (χ4v) is 2.31. The van der Waals surface area contributed by atoms with Gasteiger partial charge in [-0.15, -0.1) is 0 Å². The monoisotopic (exact) mass is 263 g/mol. The predicted octanol–water partition coefficient (Wildman–Crippen LogP) is 1.52. The molecular formula is C14H17NO4. The summed E-state index contributed by atoms with van der Waals surface area (Å²) in [6.07, 6.45) is 0.725. The van der Waals surface area contributed by atoms with Crippen LogP contribution in [0.25, 0.3) is 0 Å². The average Bonchev–Trinajstić information content (AvgIpc) is 2.41. The number of carbonyl (C=O) groups excluding carboxylic acids is 1. The molecule has 1 aliphatic heterocycles. The van der Waals surface area contributed by atoms with Gasteiger partial charge in [-0.3, -0.25) is 9.59 Å². The minimum Gasteiger partial charge on any atom is -0.496 e. The zero-order chi connectivity index (χ0) is 13.8. The van der Waals surface area contributed by atoms with E-state index < -0.39 is 11.9 Å². The van der Waals surface area contributed by atoms with E-state index in [-0.39, 0.29) is 12.5 Å². The summed E-state index contributed by atoms with van der Waals surface area (Å²) < 4.78 is 5.24. The lowest BCUT2D eigenvalue weighted by Crippen LogP contribution is -2.42. The quantitative estimate of drug-likeness (QED) is 0.894. The summed E-state index contributed by atoms with van der Waals surface area (Å²) in [7, 11) is 1.58. The molecular weight excluding hydrogens is 246 g/mol. The highest BCUT2D eigenvalue weighted by molar-refractivity contribution is 5.80. The Kier molecular flexibility index (Phi) is 4.04. The molecule has 2 rings (SSSR count). The third kappa shape index (κ3) is 3.05. The molecule has 0 aliphatic carbocycles. The van der Waals surface area contributed by atoms with Crippen LogP contribution in [0, 0.1) is 5.92 Å². The molecule has 1 aromatic carbocycles. The van der Waals surface area contributed by atoms with E-state index in [9.17, 15) is 9.59 Å². The summed E-state index contributed by atoms with van der Waals surface area (Å²) in [6, 6.07) is 7.45. The number of carboxylic acid groups (broad SMARTS) is 1. The van der Waals surface area contributed by atoms with Crippen molar-refractivity contribution < 1.29 is 19.4 Å². The van der Waals surface area contributed by atoms with Crippen molar-refractivity contribution in [1.29, 1.82) is 0 Å². The fourth-order valence-electron chi connectivity index (χ4n) is 2.31. The molecule has 1 saturated heterocycles. The molecule has 19 heavy (non-hydrogen) atoms. The second-order valence-corrected chi connectivity index (χ2v) is 4.66. The Labute approximate surface area is 111 Å². The van der Waals surface area contributed by atoms with Crippen LogP contribution >= 0.6 is 0 Å². The van der Waals surface area contributed by atoms with Crippen molar-refractivity contribution in [3.8, 4) is 5.75 Å². The first kappa shape index (κ1) is 13.4. The number of benzene rings is 1. The first-order chi connectivity index (χ1) is 9.11. The Morgan fingerprint density at radius 2 is 2.21 bits per heavy atom. The zero-order valence-corrected chi connectivity index (χ0v) is 10.8. The molecule has 0 aromatic heterocycles. The van der Waals surface area contributed by atoms with E-state index in [1.54, 1.807) is 12.0 Å². The minimum absolute atomic E-state index is 0.00315. The number of piperidine rings is 1. The van der Waals surface area contributed by atoms with Crippen molar-refractivity contribution in [2.45, 2.75) is 19.4 Å². The third-order valence-electron chi connectivity index (χ3n) is 3.40. The van der Waals surface area contributed by atoms with E-state index >= 15 is 0 Å². The van der Waals surface area contributed by atoms with Gasteiger partial charge in [-0.1, -0.05) is 18.2 Å². The maximum atomic E-state index is 11.9. The van der Waals surface area contributed by atoms with E-state index in [0.29, 0.717) is 25.1 Å². The highest BCUT2D eigenvalue weighted by Crippen LogP contribution is 2.24. The van der Waals surface area contributed by atoms with Gasteiger partial charge in [-0.05, 0) is 12.5 Å². The van der Waals surface area contributed by atoms with Crippen molar-refractivity contribution >= 4 is 11.9 Å². The number of hydrogen-bond acceptors (Lipinski definition) is 3. The number of rotatable bonds is 4. The molecule has 0 unspecified atom stereocenters. The summed E-state index contributed by atoms with van der Waals surface area (Å²) in [4.78, 5) is 24.5. The first-order valence-electron chi connectivity index (χ1n) is 6.24. The van der Waals surface area contributed by atoms with Crippen molar-refractivity contribution in [2.24, 2.45) is 5.92 Å². The molecule has 1 heterocycles. The van der Waals surface area contributed by atoms with Crippen molar-refractivity contribution in [3.63, 3.8) is 0 Å².